The molecular weight excluding hydrogens is 414 g/mol. The standard InChI is InChI=1S/C22H14BrN5/c23-18-9-10-20-19(12-18)21(17-7-2-1-3-8-17)27-22(26-20)28-25-14-16-6-4-5-15(11-16)13-24/h1-12,14H,(H,26,27,28). The highest BCUT2D eigenvalue weighted by Gasteiger charge is 2.10. The van der Waals surface area contributed by atoms with E-state index in [4.69, 9.17) is 5.26 Å². The van der Waals surface area contributed by atoms with Gasteiger partial charge in [-0.1, -0.05) is 58.4 Å². The van der Waals surface area contributed by atoms with Gasteiger partial charge in [0.05, 0.1) is 29.1 Å². The quantitative estimate of drug-likeness (QED) is 0.350. The van der Waals surface area contributed by atoms with Crippen LogP contribution in [0.2, 0.25) is 0 Å². The maximum Gasteiger partial charge on any atom is 0.244 e. The van der Waals surface area contributed by atoms with Gasteiger partial charge in [-0.3, -0.25) is 0 Å². The molecule has 0 saturated carbocycles. The molecule has 1 N–H and O–H groups in total. The van der Waals surface area contributed by atoms with E-state index in [1.54, 1.807) is 18.3 Å². The van der Waals surface area contributed by atoms with Gasteiger partial charge in [-0.05, 0) is 35.9 Å². The number of fused-ring (bicyclic) bond motifs is 1. The number of nitriles is 1. The van der Waals surface area contributed by atoms with E-state index < -0.39 is 0 Å². The topological polar surface area (TPSA) is 74.0 Å². The SMILES string of the molecule is N#Cc1cccc(C=NNc2nc(-c3ccccc3)c3cc(Br)ccc3n2)c1. The lowest BCUT2D eigenvalue weighted by atomic mass is 10.1. The summed E-state index contributed by atoms with van der Waals surface area (Å²) in [4.78, 5) is 9.23. The first-order valence-corrected chi connectivity index (χ1v) is 9.34. The number of rotatable bonds is 4. The van der Waals surface area contributed by atoms with Crippen molar-refractivity contribution < 1.29 is 0 Å². The van der Waals surface area contributed by atoms with Crippen LogP contribution in [0.4, 0.5) is 5.95 Å². The second-order valence-corrected chi connectivity index (χ2v) is 6.95. The maximum absolute atomic E-state index is 8.99. The zero-order chi connectivity index (χ0) is 19.3. The molecule has 0 fully saturated rings. The normalized spacial score (nSPS) is 10.9. The Bertz CT molecular complexity index is 1210. The van der Waals surface area contributed by atoms with Gasteiger partial charge >= 0.3 is 0 Å². The highest BCUT2D eigenvalue weighted by Crippen LogP contribution is 2.29. The number of nitrogens with one attached hydrogen (secondary N) is 1. The Morgan fingerprint density at radius 1 is 0.964 bits per heavy atom. The lowest BCUT2D eigenvalue weighted by molar-refractivity contribution is 1.15. The van der Waals surface area contributed by atoms with E-state index in [1.807, 2.05) is 60.7 Å². The van der Waals surface area contributed by atoms with Crippen molar-refractivity contribution >= 4 is 39.0 Å². The van der Waals surface area contributed by atoms with E-state index in [0.29, 0.717) is 11.5 Å². The highest BCUT2D eigenvalue weighted by molar-refractivity contribution is 9.10. The zero-order valence-corrected chi connectivity index (χ0v) is 16.3. The lowest BCUT2D eigenvalue weighted by Gasteiger charge is -2.09. The van der Waals surface area contributed by atoms with Crippen LogP contribution in [-0.2, 0) is 0 Å². The first kappa shape index (κ1) is 17.8. The summed E-state index contributed by atoms with van der Waals surface area (Å²) >= 11 is 3.52. The summed E-state index contributed by atoms with van der Waals surface area (Å²) in [5, 5.41) is 14.2. The van der Waals surface area contributed by atoms with E-state index in [-0.39, 0.29) is 0 Å². The van der Waals surface area contributed by atoms with Crippen molar-refractivity contribution in [3.63, 3.8) is 0 Å². The van der Waals surface area contributed by atoms with Crippen molar-refractivity contribution in [1.29, 1.82) is 5.26 Å². The second-order valence-electron chi connectivity index (χ2n) is 6.03. The summed E-state index contributed by atoms with van der Waals surface area (Å²) in [5.74, 6) is 0.404. The van der Waals surface area contributed by atoms with Gasteiger partial charge < -0.3 is 0 Å². The van der Waals surface area contributed by atoms with Crippen LogP contribution in [-0.4, -0.2) is 16.2 Å². The van der Waals surface area contributed by atoms with Gasteiger partial charge in [0.1, 0.15) is 0 Å². The molecule has 28 heavy (non-hydrogen) atoms. The van der Waals surface area contributed by atoms with Crippen LogP contribution in [0, 0.1) is 11.3 Å². The smallest absolute Gasteiger partial charge is 0.244 e. The molecule has 0 aliphatic rings. The number of aromatic nitrogens is 2. The molecule has 5 nitrogen and oxygen atoms in total. The van der Waals surface area contributed by atoms with Crippen LogP contribution in [0.1, 0.15) is 11.1 Å². The van der Waals surface area contributed by atoms with E-state index in [1.165, 1.54) is 0 Å². The predicted octanol–water partition coefficient (Wildman–Crippen LogP) is 5.38. The van der Waals surface area contributed by atoms with Gasteiger partial charge in [-0.25, -0.2) is 15.4 Å². The van der Waals surface area contributed by atoms with Gasteiger partial charge in [0.2, 0.25) is 5.95 Å². The van der Waals surface area contributed by atoms with Crippen molar-refractivity contribution in [1.82, 2.24) is 9.97 Å². The Labute approximate surface area is 170 Å². The third-order valence-electron chi connectivity index (χ3n) is 4.10. The number of nitrogens with zero attached hydrogens (tertiary/aromatic N) is 4. The average Bonchev–Trinajstić information content (AvgIpc) is 2.74. The Morgan fingerprint density at radius 2 is 1.82 bits per heavy atom. The molecule has 0 aliphatic carbocycles. The fourth-order valence-electron chi connectivity index (χ4n) is 2.82. The highest BCUT2D eigenvalue weighted by atomic mass is 79.9. The van der Waals surface area contributed by atoms with Crippen LogP contribution in [0.15, 0.2) is 82.4 Å². The molecule has 1 heterocycles. The largest absolute Gasteiger partial charge is 0.245 e. The van der Waals surface area contributed by atoms with Crippen molar-refractivity contribution in [2.75, 3.05) is 5.43 Å². The molecule has 0 saturated heterocycles. The summed E-state index contributed by atoms with van der Waals surface area (Å²) in [7, 11) is 0. The molecular formula is C22H14BrN5. The molecule has 1 aromatic heterocycles. The van der Waals surface area contributed by atoms with E-state index in [2.05, 4.69) is 42.5 Å². The molecule has 4 rings (SSSR count). The van der Waals surface area contributed by atoms with Crippen molar-refractivity contribution in [2.24, 2.45) is 5.10 Å². The van der Waals surface area contributed by atoms with Crippen LogP contribution in [0.3, 0.4) is 0 Å². The zero-order valence-electron chi connectivity index (χ0n) is 14.7. The summed E-state index contributed by atoms with van der Waals surface area (Å²) < 4.78 is 0.969. The Kier molecular flexibility index (Phi) is 5.09. The number of hydrogen-bond acceptors (Lipinski definition) is 5. The molecule has 6 heteroatoms. The summed E-state index contributed by atoms with van der Waals surface area (Å²) in [6.07, 6.45) is 1.64. The third-order valence-corrected chi connectivity index (χ3v) is 4.59. The van der Waals surface area contributed by atoms with Crippen molar-refractivity contribution in [3.05, 3.63) is 88.4 Å². The number of hydrogen-bond donors (Lipinski definition) is 1. The van der Waals surface area contributed by atoms with Gasteiger partial charge in [-0.2, -0.15) is 10.4 Å². The fraction of sp³-hybridized carbons (Fsp3) is 0. The van der Waals surface area contributed by atoms with Crippen molar-refractivity contribution in [3.8, 4) is 17.3 Å². The molecule has 134 valence electrons. The summed E-state index contributed by atoms with van der Waals surface area (Å²) in [6, 6.07) is 25.2. The third kappa shape index (κ3) is 3.90. The summed E-state index contributed by atoms with van der Waals surface area (Å²) in [5.41, 5.74) is 6.96. The molecule has 0 spiro atoms. The molecule has 0 aliphatic heterocycles. The molecule has 4 aromatic rings. The monoisotopic (exact) mass is 427 g/mol. The van der Waals surface area contributed by atoms with E-state index >= 15 is 0 Å². The molecule has 0 radical (unpaired) electrons. The van der Waals surface area contributed by atoms with Crippen LogP contribution >= 0.6 is 15.9 Å². The number of halogens is 1. The van der Waals surface area contributed by atoms with Gasteiger partial charge in [0.25, 0.3) is 0 Å². The van der Waals surface area contributed by atoms with Crippen LogP contribution in [0.5, 0.6) is 0 Å². The molecule has 3 aromatic carbocycles. The number of benzene rings is 3. The molecule has 0 atom stereocenters. The molecule has 0 unspecified atom stereocenters. The first-order valence-electron chi connectivity index (χ1n) is 8.55. The first-order chi connectivity index (χ1) is 13.7. The van der Waals surface area contributed by atoms with Gasteiger partial charge in [0, 0.05) is 15.4 Å². The predicted molar refractivity (Wildman–Crippen MR) is 115 cm³/mol. The van der Waals surface area contributed by atoms with Crippen LogP contribution in [0.25, 0.3) is 22.2 Å². The lowest BCUT2D eigenvalue weighted by Crippen LogP contribution is -2.00. The van der Waals surface area contributed by atoms with Gasteiger partial charge in [0.15, 0.2) is 0 Å². The second kappa shape index (κ2) is 7.99. The molecule has 0 amide bonds. The van der Waals surface area contributed by atoms with Gasteiger partial charge in [-0.15, -0.1) is 0 Å². The minimum absolute atomic E-state index is 0.404. The van der Waals surface area contributed by atoms with Crippen LogP contribution < -0.4 is 5.43 Å². The Balaban J connectivity index is 1.71. The fourth-order valence-corrected chi connectivity index (χ4v) is 3.18. The number of anilines is 1. The number of hydrazone groups is 1. The Morgan fingerprint density at radius 3 is 2.64 bits per heavy atom. The van der Waals surface area contributed by atoms with E-state index in [9.17, 15) is 0 Å². The molecule has 0 bridgehead atoms. The average molecular weight is 428 g/mol. The summed E-state index contributed by atoms with van der Waals surface area (Å²) in [6.45, 7) is 0. The minimum Gasteiger partial charge on any atom is -0.245 e. The minimum atomic E-state index is 0.404. The van der Waals surface area contributed by atoms with E-state index in [0.717, 1.165) is 32.2 Å². The maximum atomic E-state index is 8.99. The Hall–Kier alpha value is -3.56. The van der Waals surface area contributed by atoms with Crippen molar-refractivity contribution in [2.45, 2.75) is 0 Å².